The van der Waals surface area contributed by atoms with E-state index < -0.39 is 10.0 Å². The van der Waals surface area contributed by atoms with Gasteiger partial charge in [-0.25, -0.2) is 23.4 Å². The SMILES string of the molecule is COc1ccccc1Oc1c(NS(=O)(=O)c2ccc(C(C)(C)C)cc2)nc(-c2ncccn2)nc1OCC#CCOCc1ccccc1. The van der Waals surface area contributed by atoms with Crippen LogP contribution in [-0.2, 0) is 26.8 Å². The number of nitrogens with one attached hydrogen (secondary N) is 1. The number of ether oxygens (including phenoxy) is 4. The maximum absolute atomic E-state index is 13.8. The van der Waals surface area contributed by atoms with Crippen LogP contribution >= 0.6 is 0 Å². The summed E-state index contributed by atoms with van der Waals surface area (Å²) in [5.41, 5.74) is 1.85. The van der Waals surface area contributed by atoms with Crippen LogP contribution in [0.3, 0.4) is 0 Å². The van der Waals surface area contributed by atoms with Gasteiger partial charge in [0.25, 0.3) is 15.9 Å². The van der Waals surface area contributed by atoms with Crippen LogP contribution in [0.1, 0.15) is 31.9 Å². The van der Waals surface area contributed by atoms with Crippen LogP contribution in [0.25, 0.3) is 11.6 Å². The predicted molar refractivity (Wildman–Crippen MR) is 181 cm³/mol. The van der Waals surface area contributed by atoms with Crippen LogP contribution < -0.4 is 18.9 Å². The number of sulfonamides is 1. The van der Waals surface area contributed by atoms with Crippen molar-refractivity contribution in [1.29, 1.82) is 0 Å². The van der Waals surface area contributed by atoms with Crippen LogP contribution in [-0.4, -0.2) is 48.7 Å². The second-order valence-electron chi connectivity index (χ2n) is 11.4. The highest BCUT2D eigenvalue weighted by atomic mass is 32.2. The zero-order valence-corrected chi connectivity index (χ0v) is 27.8. The van der Waals surface area contributed by atoms with E-state index in [1.165, 1.54) is 19.5 Å². The normalized spacial score (nSPS) is 11.2. The van der Waals surface area contributed by atoms with Gasteiger partial charge in [0.2, 0.25) is 11.6 Å². The lowest BCUT2D eigenvalue weighted by molar-refractivity contribution is 0.153. The standard InChI is InChI=1S/C36H35N5O6S/c1-36(2,3)27-17-19-28(20-18-27)48(42,43)41-32-31(47-30-16-9-8-15-29(30)44-4)35(40-34(39-32)33-37-21-12-22-38-33)46-24-11-10-23-45-25-26-13-6-5-7-14-26/h5-9,12-22H,23-25H2,1-4H3,(H,39,40,41). The number of hydrogen-bond donors (Lipinski definition) is 1. The predicted octanol–water partition coefficient (Wildman–Crippen LogP) is 6.43. The minimum absolute atomic E-state index is 0.00193. The van der Waals surface area contributed by atoms with Crippen molar-refractivity contribution in [3.05, 3.63) is 108 Å². The topological polar surface area (TPSA) is 135 Å². The number of nitrogens with zero attached hydrogens (tertiary/aromatic N) is 4. The van der Waals surface area contributed by atoms with Gasteiger partial charge in [0.05, 0.1) is 18.6 Å². The van der Waals surface area contributed by atoms with Crippen molar-refractivity contribution < 1.29 is 27.4 Å². The molecule has 246 valence electrons. The molecule has 0 fully saturated rings. The number of benzene rings is 3. The quantitative estimate of drug-likeness (QED) is 0.117. The number of para-hydroxylation sites is 2. The summed E-state index contributed by atoms with van der Waals surface area (Å²) >= 11 is 0. The summed E-state index contributed by atoms with van der Waals surface area (Å²) in [7, 11) is -2.68. The van der Waals surface area contributed by atoms with Crippen molar-refractivity contribution in [3.63, 3.8) is 0 Å². The fraction of sp³-hybridized carbons (Fsp3) is 0.222. The molecule has 0 unspecified atom stereocenters. The first-order valence-electron chi connectivity index (χ1n) is 15.0. The summed E-state index contributed by atoms with van der Waals surface area (Å²) in [6.07, 6.45) is 3.04. The van der Waals surface area contributed by atoms with Gasteiger partial charge in [-0.1, -0.05) is 87.2 Å². The highest BCUT2D eigenvalue weighted by Gasteiger charge is 2.26. The van der Waals surface area contributed by atoms with E-state index >= 15 is 0 Å². The Labute approximate surface area is 280 Å². The van der Waals surface area contributed by atoms with Gasteiger partial charge in [0, 0.05) is 12.4 Å². The van der Waals surface area contributed by atoms with Crippen LogP contribution in [0.15, 0.2) is 102 Å². The lowest BCUT2D eigenvalue weighted by Crippen LogP contribution is -2.17. The van der Waals surface area contributed by atoms with E-state index in [1.54, 1.807) is 54.6 Å². The summed E-state index contributed by atoms with van der Waals surface area (Å²) in [6.45, 7) is 6.62. The fourth-order valence-electron chi connectivity index (χ4n) is 4.34. The Kier molecular flexibility index (Phi) is 10.8. The van der Waals surface area contributed by atoms with Crippen LogP contribution in [0, 0.1) is 11.8 Å². The average molecular weight is 666 g/mol. The molecule has 2 aromatic heterocycles. The van der Waals surface area contributed by atoms with E-state index in [2.05, 4.69) is 36.5 Å². The molecule has 1 N–H and O–H groups in total. The van der Waals surface area contributed by atoms with E-state index in [4.69, 9.17) is 18.9 Å². The second-order valence-corrected chi connectivity index (χ2v) is 13.0. The second kappa shape index (κ2) is 15.4. The summed E-state index contributed by atoms with van der Waals surface area (Å²) in [6, 6.07) is 24.9. The lowest BCUT2D eigenvalue weighted by atomic mass is 9.87. The first kappa shape index (κ1) is 33.8. The third-order valence-corrected chi connectivity index (χ3v) is 8.19. The zero-order chi connectivity index (χ0) is 34.0. The Morgan fingerprint density at radius 1 is 0.771 bits per heavy atom. The molecule has 0 amide bonds. The van der Waals surface area contributed by atoms with Gasteiger partial charge in [-0.05, 0) is 46.9 Å². The number of methoxy groups -OCH3 is 1. The number of rotatable bonds is 12. The molecule has 5 aromatic rings. The largest absolute Gasteiger partial charge is 0.493 e. The van der Waals surface area contributed by atoms with E-state index in [1.807, 2.05) is 51.1 Å². The Balaban J connectivity index is 1.50. The molecule has 0 radical (unpaired) electrons. The third-order valence-electron chi connectivity index (χ3n) is 6.83. The molecule has 12 heteroatoms. The van der Waals surface area contributed by atoms with Crippen molar-refractivity contribution >= 4 is 15.8 Å². The molecule has 0 saturated carbocycles. The van der Waals surface area contributed by atoms with Gasteiger partial charge in [0.1, 0.15) is 6.61 Å². The van der Waals surface area contributed by atoms with Gasteiger partial charge < -0.3 is 18.9 Å². The Bertz CT molecular complexity index is 1990. The number of anilines is 1. The highest BCUT2D eigenvalue weighted by Crippen LogP contribution is 2.41. The first-order valence-corrected chi connectivity index (χ1v) is 16.5. The number of aromatic nitrogens is 4. The Morgan fingerprint density at radius 3 is 2.12 bits per heavy atom. The minimum atomic E-state index is -4.17. The molecule has 0 aliphatic carbocycles. The first-order chi connectivity index (χ1) is 23.1. The molecule has 0 saturated heterocycles. The van der Waals surface area contributed by atoms with Gasteiger partial charge >= 0.3 is 0 Å². The van der Waals surface area contributed by atoms with Crippen LogP contribution in [0.4, 0.5) is 5.82 Å². The molecule has 0 bridgehead atoms. The average Bonchev–Trinajstić information content (AvgIpc) is 3.09. The van der Waals surface area contributed by atoms with Gasteiger partial charge in [0.15, 0.2) is 29.7 Å². The van der Waals surface area contributed by atoms with Crippen molar-refractivity contribution in [1.82, 2.24) is 19.9 Å². The highest BCUT2D eigenvalue weighted by molar-refractivity contribution is 7.92. The number of hydrogen-bond acceptors (Lipinski definition) is 10. The molecule has 11 nitrogen and oxygen atoms in total. The monoisotopic (exact) mass is 665 g/mol. The van der Waals surface area contributed by atoms with Gasteiger partial charge in [-0.3, -0.25) is 4.72 Å². The zero-order valence-electron chi connectivity index (χ0n) is 27.0. The van der Waals surface area contributed by atoms with Crippen molar-refractivity contribution in [2.24, 2.45) is 0 Å². The fourth-order valence-corrected chi connectivity index (χ4v) is 5.34. The summed E-state index contributed by atoms with van der Waals surface area (Å²) < 4.78 is 53.4. The van der Waals surface area contributed by atoms with Crippen molar-refractivity contribution in [2.75, 3.05) is 25.0 Å². The smallest absolute Gasteiger partial charge is 0.264 e. The van der Waals surface area contributed by atoms with Crippen LogP contribution in [0.5, 0.6) is 23.1 Å². The molecule has 2 heterocycles. The molecule has 3 aromatic carbocycles. The summed E-state index contributed by atoms with van der Waals surface area (Å²) in [4.78, 5) is 17.5. The van der Waals surface area contributed by atoms with Crippen molar-refractivity contribution in [2.45, 2.75) is 37.7 Å². The molecule has 5 rings (SSSR count). The van der Waals surface area contributed by atoms with Crippen molar-refractivity contribution in [3.8, 4) is 46.6 Å². The summed E-state index contributed by atoms with van der Waals surface area (Å²) in [5.74, 6) is 6.19. The maximum atomic E-state index is 13.8. The molecule has 48 heavy (non-hydrogen) atoms. The van der Waals surface area contributed by atoms with Gasteiger partial charge in [-0.15, -0.1) is 0 Å². The molecule has 0 aliphatic rings. The lowest BCUT2D eigenvalue weighted by Gasteiger charge is -2.20. The summed E-state index contributed by atoms with van der Waals surface area (Å²) in [5, 5.41) is 0. The van der Waals surface area contributed by atoms with E-state index in [0.29, 0.717) is 12.4 Å². The Morgan fingerprint density at radius 2 is 1.44 bits per heavy atom. The van der Waals surface area contributed by atoms with Crippen LogP contribution in [0.2, 0.25) is 0 Å². The Hall–Kier alpha value is -5.51. The molecule has 0 aliphatic heterocycles. The molecular formula is C36H35N5O6S. The van der Waals surface area contributed by atoms with Gasteiger partial charge in [-0.2, -0.15) is 4.98 Å². The van der Waals surface area contributed by atoms with E-state index in [9.17, 15) is 8.42 Å². The molecule has 0 atom stereocenters. The molecular weight excluding hydrogens is 630 g/mol. The third kappa shape index (κ3) is 8.85. The molecule has 0 spiro atoms. The minimum Gasteiger partial charge on any atom is -0.493 e. The van der Waals surface area contributed by atoms with E-state index in [-0.39, 0.29) is 58.4 Å². The van der Waals surface area contributed by atoms with E-state index in [0.717, 1.165) is 11.1 Å². The maximum Gasteiger partial charge on any atom is 0.264 e.